The Balaban J connectivity index is 2.11. The summed E-state index contributed by atoms with van der Waals surface area (Å²) in [5.41, 5.74) is 3.68. The van der Waals surface area contributed by atoms with Gasteiger partial charge in [0.2, 0.25) is 0 Å². The molecule has 0 unspecified atom stereocenters. The second-order valence-electron chi connectivity index (χ2n) is 6.15. The monoisotopic (exact) mass is 343 g/mol. The molecule has 0 saturated heterocycles. The maximum absolute atomic E-state index is 5.51. The largest absolute Gasteiger partial charge is 0.493 e. The lowest BCUT2D eigenvalue weighted by Gasteiger charge is -2.35. The normalized spacial score (nSPS) is 16.9. The zero-order valence-corrected chi connectivity index (χ0v) is 15.5. The summed E-state index contributed by atoms with van der Waals surface area (Å²) in [7, 11) is 8.79. The fraction of sp³-hybridized carbons (Fsp3) is 0.400. The van der Waals surface area contributed by atoms with Gasteiger partial charge in [-0.05, 0) is 54.4 Å². The molecule has 134 valence electrons. The van der Waals surface area contributed by atoms with Crippen molar-refractivity contribution >= 4 is 0 Å². The maximum Gasteiger partial charge on any atom is 0.161 e. The second kappa shape index (κ2) is 7.23. The van der Waals surface area contributed by atoms with Crippen molar-refractivity contribution in [3.05, 3.63) is 47.0 Å². The van der Waals surface area contributed by atoms with Gasteiger partial charge in [0.1, 0.15) is 0 Å². The predicted molar refractivity (Wildman–Crippen MR) is 97.3 cm³/mol. The number of benzene rings is 2. The van der Waals surface area contributed by atoms with Crippen LogP contribution in [0.1, 0.15) is 22.7 Å². The van der Waals surface area contributed by atoms with Gasteiger partial charge in [-0.15, -0.1) is 0 Å². The quantitative estimate of drug-likeness (QED) is 0.833. The first-order chi connectivity index (χ1) is 12.1. The van der Waals surface area contributed by atoms with Crippen LogP contribution in [0.15, 0.2) is 30.3 Å². The van der Waals surface area contributed by atoms with Crippen molar-refractivity contribution in [2.24, 2.45) is 0 Å². The smallest absolute Gasteiger partial charge is 0.161 e. The minimum Gasteiger partial charge on any atom is -0.493 e. The van der Waals surface area contributed by atoms with Crippen molar-refractivity contribution in [1.29, 1.82) is 0 Å². The van der Waals surface area contributed by atoms with Gasteiger partial charge in [0, 0.05) is 6.54 Å². The molecule has 5 heteroatoms. The second-order valence-corrected chi connectivity index (χ2v) is 6.15. The van der Waals surface area contributed by atoms with Gasteiger partial charge in [-0.25, -0.2) is 0 Å². The van der Waals surface area contributed by atoms with Crippen LogP contribution in [0.5, 0.6) is 23.0 Å². The van der Waals surface area contributed by atoms with Gasteiger partial charge in [-0.1, -0.05) is 6.07 Å². The number of likely N-dealkylation sites (N-methyl/N-ethyl adjacent to an activating group) is 1. The molecule has 0 aliphatic carbocycles. The molecule has 2 aromatic carbocycles. The molecule has 1 aliphatic heterocycles. The van der Waals surface area contributed by atoms with Crippen molar-refractivity contribution in [3.8, 4) is 23.0 Å². The summed E-state index contributed by atoms with van der Waals surface area (Å²) in [6.45, 7) is 0.974. The highest BCUT2D eigenvalue weighted by molar-refractivity contribution is 5.53. The first-order valence-electron chi connectivity index (χ1n) is 8.29. The van der Waals surface area contributed by atoms with Crippen molar-refractivity contribution < 1.29 is 18.9 Å². The Bertz CT molecular complexity index is 760. The highest BCUT2D eigenvalue weighted by Gasteiger charge is 2.28. The highest BCUT2D eigenvalue weighted by Crippen LogP contribution is 2.42. The number of methoxy groups -OCH3 is 4. The fourth-order valence-corrected chi connectivity index (χ4v) is 3.53. The molecule has 1 heterocycles. The molecular weight excluding hydrogens is 318 g/mol. The van der Waals surface area contributed by atoms with Crippen LogP contribution in [-0.2, 0) is 6.42 Å². The number of hydrogen-bond donors (Lipinski definition) is 0. The van der Waals surface area contributed by atoms with E-state index in [-0.39, 0.29) is 6.04 Å². The van der Waals surface area contributed by atoms with Gasteiger partial charge in [0.05, 0.1) is 34.5 Å². The van der Waals surface area contributed by atoms with Crippen LogP contribution < -0.4 is 18.9 Å². The number of hydrogen-bond acceptors (Lipinski definition) is 5. The number of rotatable bonds is 5. The molecule has 0 N–H and O–H groups in total. The van der Waals surface area contributed by atoms with Gasteiger partial charge in [-0.2, -0.15) is 0 Å². The molecule has 0 saturated carbocycles. The molecule has 1 atom stereocenters. The summed E-state index contributed by atoms with van der Waals surface area (Å²) in [6, 6.07) is 10.4. The van der Waals surface area contributed by atoms with Crippen molar-refractivity contribution in [2.75, 3.05) is 42.0 Å². The topological polar surface area (TPSA) is 40.2 Å². The van der Waals surface area contributed by atoms with E-state index in [9.17, 15) is 0 Å². The molecule has 0 bridgehead atoms. The van der Waals surface area contributed by atoms with E-state index < -0.39 is 0 Å². The lowest BCUT2D eigenvalue weighted by Crippen LogP contribution is -2.33. The van der Waals surface area contributed by atoms with E-state index in [2.05, 4.69) is 30.1 Å². The highest BCUT2D eigenvalue weighted by atomic mass is 16.5. The summed E-state index contributed by atoms with van der Waals surface area (Å²) < 4.78 is 21.8. The van der Waals surface area contributed by atoms with Gasteiger partial charge >= 0.3 is 0 Å². The number of ether oxygens (including phenoxy) is 4. The summed E-state index contributed by atoms with van der Waals surface area (Å²) in [6.07, 6.45) is 0.982. The SMILES string of the molecule is COc1ccc([C@H]2c3cc(OC)c(OC)cc3CCN2C)cc1OC. The van der Waals surface area contributed by atoms with Crippen LogP contribution in [0.3, 0.4) is 0 Å². The Morgan fingerprint density at radius 3 is 2.04 bits per heavy atom. The zero-order chi connectivity index (χ0) is 18.0. The Morgan fingerprint density at radius 1 is 0.800 bits per heavy atom. The average Bonchev–Trinajstić information content (AvgIpc) is 2.66. The third-order valence-electron chi connectivity index (χ3n) is 4.84. The van der Waals surface area contributed by atoms with Gasteiger partial charge in [-0.3, -0.25) is 4.90 Å². The first-order valence-corrected chi connectivity index (χ1v) is 8.29. The van der Waals surface area contributed by atoms with E-state index in [4.69, 9.17) is 18.9 Å². The molecule has 1 aliphatic rings. The fourth-order valence-electron chi connectivity index (χ4n) is 3.53. The summed E-state index contributed by atoms with van der Waals surface area (Å²) in [5, 5.41) is 0. The molecule has 0 amide bonds. The third-order valence-corrected chi connectivity index (χ3v) is 4.84. The third kappa shape index (κ3) is 3.12. The molecule has 2 aromatic rings. The molecule has 0 aromatic heterocycles. The Hall–Kier alpha value is -2.40. The minimum absolute atomic E-state index is 0.128. The zero-order valence-electron chi connectivity index (χ0n) is 15.5. The molecule has 0 fully saturated rings. The van der Waals surface area contributed by atoms with Gasteiger partial charge < -0.3 is 18.9 Å². The van der Waals surface area contributed by atoms with E-state index in [1.54, 1.807) is 28.4 Å². The molecule has 5 nitrogen and oxygen atoms in total. The Labute approximate surface area is 149 Å². The first kappa shape index (κ1) is 17.4. The van der Waals surface area contributed by atoms with Crippen LogP contribution in [-0.4, -0.2) is 46.9 Å². The van der Waals surface area contributed by atoms with Crippen molar-refractivity contribution in [3.63, 3.8) is 0 Å². The molecule has 0 radical (unpaired) electrons. The van der Waals surface area contributed by atoms with Crippen molar-refractivity contribution in [2.45, 2.75) is 12.5 Å². The van der Waals surface area contributed by atoms with Gasteiger partial charge in [0.15, 0.2) is 23.0 Å². The van der Waals surface area contributed by atoms with Crippen LogP contribution in [0, 0.1) is 0 Å². The Kier molecular flexibility index (Phi) is 5.04. The maximum atomic E-state index is 5.51. The number of fused-ring (bicyclic) bond motifs is 1. The van der Waals surface area contributed by atoms with Crippen LogP contribution in [0.25, 0.3) is 0 Å². The van der Waals surface area contributed by atoms with Crippen LogP contribution >= 0.6 is 0 Å². The van der Waals surface area contributed by atoms with Crippen LogP contribution in [0.4, 0.5) is 0 Å². The summed E-state index contributed by atoms with van der Waals surface area (Å²) in [4.78, 5) is 2.34. The minimum atomic E-state index is 0.128. The van der Waals surface area contributed by atoms with Crippen LogP contribution in [0.2, 0.25) is 0 Å². The van der Waals surface area contributed by atoms with E-state index in [1.807, 2.05) is 12.1 Å². The molecule has 3 rings (SSSR count). The van der Waals surface area contributed by atoms with E-state index in [0.29, 0.717) is 0 Å². The lowest BCUT2D eigenvalue weighted by atomic mass is 9.88. The summed E-state index contributed by atoms with van der Waals surface area (Å²) >= 11 is 0. The molecule has 25 heavy (non-hydrogen) atoms. The molecular formula is C20H25NO4. The molecule has 0 spiro atoms. The van der Waals surface area contributed by atoms with Crippen molar-refractivity contribution in [1.82, 2.24) is 4.90 Å². The van der Waals surface area contributed by atoms with E-state index in [0.717, 1.165) is 41.5 Å². The predicted octanol–water partition coefficient (Wildman–Crippen LogP) is 3.30. The summed E-state index contributed by atoms with van der Waals surface area (Å²) in [5.74, 6) is 3.00. The van der Waals surface area contributed by atoms with E-state index >= 15 is 0 Å². The lowest BCUT2D eigenvalue weighted by molar-refractivity contribution is 0.261. The number of nitrogens with zero attached hydrogens (tertiary/aromatic N) is 1. The standard InChI is InChI=1S/C20H25NO4/c1-21-9-8-13-10-18(24-4)19(25-5)12-15(13)20(21)14-6-7-16(22-2)17(11-14)23-3/h6-7,10-12,20H,8-9H2,1-5H3/t20-/m0/s1. The average molecular weight is 343 g/mol. The van der Waals surface area contributed by atoms with E-state index in [1.165, 1.54) is 11.1 Å². The van der Waals surface area contributed by atoms with Gasteiger partial charge in [0.25, 0.3) is 0 Å². The Morgan fingerprint density at radius 2 is 1.40 bits per heavy atom.